The monoisotopic (exact) mass is 337 g/mol. The molecule has 1 heterocycles. The molecule has 3 aromatic rings. The highest BCUT2D eigenvalue weighted by Crippen LogP contribution is 2.28. The number of hydrogen-bond acceptors (Lipinski definition) is 2. The smallest absolute Gasteiger partial charge is 0.205 e. The summed E-state index contributed by atoms with van der Waals surface area (Å²) in [6.07, 6.45) is 0. The van der Waals surface area contributed by atoms with Crippen molar-refractivity contribution >= 4 is 32.9 Å². The lowest BCUT2D eigenvalue weighted by Crippen LogP contribution is -2.01. The Balaban J connectivity index is 2.32. The molecule has 0 saturated heterocycles. The maximum atomic E-state index is 13.7. The molecule has 3 rings (SSSR count). The molecule has 0 fully saturated rings. The second kappa shape index (κ2) is 4.56. The molecule has 0 aliphatic carbocycles. The van der Waals surface area contributed by atoms with E-state index >= 15 is 0 Å². The van der Waals surface area contributed by atoms with Gasteiger partial charge in [0, 0.05) is 11.8 Å². The van der Waals surface area contributed by atoms with Crippen LogP contribution in [0.4, 0.5) is 14.7 Å². The van der Waals surface area contributed by atoms with Crippen LogP contribution in [-0.4, -0.2) is 9.55 Å². The van der Waals surface area contributed by atoms with Gasteiger partial charge >= 0.3 is 0 Å². The first-order chi connectivity index (χ1) is 9.47. The molecule has 0 aliphatic rings. The van der Waals surface area contributed by atoms with Crippen molar-refractivity contribution in [3.05, 3.63) is 52.0 Å². The molecule has 2 N–H and O–H groups in total. The fourth-order valence-corrected chi connectivity index (χ4v) is 2.46. The molecule has 0 bridgehead atoms. The SMILES string of the molecule is Cc1cc(-n2c(N)nc3cc(Br)c(F)cc32)ccc1F. The molecule has 0 unspecified atom stereocenters. The standard InChI is InChI=1S/C14H10BrF2N3/c1-7-4-8(2-3-10(7)16)20-13-6-11(17)9(15)5-12(13)19-14(20)18/h2-6H,1H3,(H2,18,19). The lowest BCUT2D eigenvalue weighted by molar-refractivity contribution is 0.618. The van der Waals surface area contributed by atoms with Crippen molar-refractivity contribution in [3.63, 3.8) is 0 Å². The molecule has 6 heteroatoms. The van der Waals surface area contributed by atoms with E-state index in [1.807, 2.05) is 0 Å². The zero-order valence-electron chi connectivity index (χ0n) is 10.5. The van der Waals surface area contributed by atoms with Crippen LogP contribution in [0.15, 0.2) is 34.8 Å². The maximum Gasteiger partial charge on any atom is 0.205 e. The van der Waals surface area contributed by atoms with Gasteiger partial charge in [-0.1, -0.05) is 0 Å². The Labute approximate surface area is 122 Å². The number of rotatable bonds is 1. The van der Waals surface area contributed by atoms with E-state index in [1.54, 1.807) is 29.7 Å². The maximum absolute atomic E-state index is 13.7. The molecule has 0 radical (unpaired) electrons. The van der Waals surface area contributed by atoms with E-state index in [9.17, 15) is 8.78 Å². The molecule has 0 amide bonds. The summed E-state index contributed by atoms with van der Waals surface area (Å²) in [5.74, 6) is -0.480. The number of nitrogens with two attached hydrogens (primary N) is 1. The van der Waals surface area contributed by atoms with Crippen LogP contribution < -0.4 is 5.73 Å². The first-order valence-corrected chi connectivity index (χ1v) is 6.66. The Morgan fingerprint density at radius 2 is 1.90 bits per heavy atom. The quantitative estimate of drug-likeness (QED) is 0.730. The normalized spacial score (nSPS) is 11.2. The van der Waals surface area contributed by atoms with Crippen molar-refractivity contribution in [1.82, 2.24) is 9.55 Å². The highest BCUT2D eigenvalue weighted by molar-refractivity contribution is 9.10. The summed E-state index contributed by atoms with van der Waals surface area (Å²) in [6.45, 7) is 1.66. The van der Waals surface area contributed by atoms with Gasteiger partial charge in [0.25, 0.3) is 0 Å². The van der Waals surface area contributed by atoms with E-state index in [2.05, 4.69) is 20.9 Å². The number of aryl methyl sites for hydroxylation is 1. The van der Waals surface area contributed by atoms with Crippen LogP contribution in [0.5, 0.6) is 0 Å². The van der Waals surface area contributed by atoms with Gasteiger partial charge in [-0.25, -0.2) is 13.8 Å². The number of imidazole rings is 1. The summed E-state index contributed by atoms with van der Waals surface area (Å²) in [7, 11) is 0. The largest absolute Gasteiger partial charge is 0.369 e. The van der Waals surface area contributed by atoms with Crippen LogP contribution in [0.2, 0.25) is 0 Å². The lowest BCUT2D eigenvalue weighted by atomic mass is 10.2. The fraction of sp³-hybridized carbons (Fsp3) is 0.0714. The Morgan fingerprint density at radius 3 is 2.60 bits per heavy atom. The van der Waals surface area contributed by atoms with Crippen molar-refractivity contribution in [2.24, 2.45) is 0 Å². The van der Waals surface area contributed by atoms with E-state index in [0.29, 0.717) is 26.8 Å². The second-order valence-corrected chi connectivity index (χ2v) is 5.35. The van der Waals surface area contributed by atoms with Crippen molar-refractivity contribution in [2.75, 3.05) is 5.73 Å². The Morgan fingerprint density at radius 1 is 1.15 bits per heavy atom. The number of aromatic nitrogens is 2. The van der Waals surface area contributed by atoms with Crippen molar-refractivity contribution in [2.45, 2.75) is 6.92 Å². The van der Waals surface area contributed by atoms with Gasteiger partial charge in [-0.05, 0) is 52.7 Å². The summed E-state index contributed by atoms with van der Waals surface area (Å²) < 4.78 is 29.0. The van der Waals surface area contributed by atoms with E-state index in [4.69, 9.17) is 5.73 Å². The molecule has 0 saturated carbocycles. The van der Waals surface area contributed by atoms with Crippen LogP contribution in [0, 0.1) is 18.6 Å². The van der Waals surface area contributed by atoms with Gasteiger partial charge in [0.1, 0.15) is 11.6 Å². The summed E-state index contributed by atoms with van der Waals surface area (Å²) in [5.41, 5.74) is 8.13. The summed E-state index contributed by atoms with van der Waals surface area (Å²) in [6, 6.07) is 7.49. The number of nitrogens with zero attached hydrogens (tertiary/aromatic N) is 2. The summed E-state index contributed by atoms with van der Waals surface area (Å²) in [4.78, 5) is 4.19. The Hall–Kier alpha value is -1.95. The van der Waals surface area contributed by atoms with Gasteiger partial charge in [-0.2, -0.15) is 0 Å². The fourth-order valence-electron chi connectivity index (χ4n) is 2.13. The van der Waals surface area contributed by atoms with Gasteiger partial charge in [0.15, 0.2) is 0 Å². The number of fused-ring (bicyclic) bond motifs is 1. The van der Waals surface area contributed by atoms with E-state index in [-0.39, 0.29) is 11.8 Å². The molecule has 2 aromatic carbocycles. The molecule has 20 heavy (non-hydrogen) atoms. The average molecular weight is 338 g/mol. The molecule has 3 nitrogen and oxygen atoms in total. The predicted molar refractivity (Wildman–Crippen MR) is 77.8 cm³/mol. The number of nitrogen functional groups attached to an aromatic ring is 1. The van der Waals surface area contributed by atoms with Crippen LogP contribution in [0.25, 0.3) is 16.7 Å². The summed E-state index contributed by atoms with van der Waals surface area (Å²) >= 11 is 3.11. The molecule has 102 valence electrons. The van der Waals surface area contributed by atoms with Crippen LogP contribution in [-0.2, 0) is 0 Å². The molecule has 0 aliphatic heterocycles. The van der Waals surface area contributed by atoms with Gasteiger partial charge in [-0.15, -0.1) is 0 Å². The number of halogens is 3. The second-order valence-electron chi connectivity index (χ2n) is 4.49. The minimum Gasteiger partial charge on any atom is -0.369 e. The van der Waals surface area contributed by atoms with E-state index in [1.165, 1.54) is 12.1 Å². The lowest BCUT2D eigenvalue weighted by Gasteiger charge is -2.08. The molecular weight excluding hydrogens is 328 g/mol. The first-order valence-electron chi connectivity index (χ1n) is 5.87. The predicted octanol–water partition coefficient (Wildman–Crippen LogP) is 3.96. The minimum atomic E-state index is -0.405. The average Bonchev–Trinajstić information content (AvgIpc) is 2.69. The van der Waals surface area contributed by atoms with Gasteiger partial charge in [0.2, 0.25) is 5.95 Å². The van der Waals surface area contributed by atoms with Crippen LogP contribution in [0.3, 0.4) is 0 Å². The van der Waals surface area contributed by atoms with Crippen LogP contribution in [0.1, 0.15) is 5.56 Å². The summed E-state index contributed by atoms with van der Waals surface area (Å²) in [5, 5.41) is 0. The van der Waals surface area contributed by atoms with Crippen molar-refractivity contribution < 1.29 is 8.78 Å². The number of anilines is 1. The zero-order chi connectivity index (χ0) is 14.4. The topological polar surface area (TPSA) is 43.8 Å². The molecule has 0 atom stereocenters. The minimum absolute atomic E-state index is 0.225. The third kappa shape index (κ3) is 1.96. The number of benzene rings is 2. The van der Waals surface area contributed by atoms with Crippen molar-refractivity contribution in [3.8, 4) is 5.69 Å². The third-order valence-corrected chi connectivity index (χ3v) is 3.73. The highest BCUT2D eigenvalue weighted by Gasteiger charge is 2.13. The van der Waals surface area contributed by atoms with Crippen molar-refractivity contribution in [1.29, 1.82) is 0 Å². The van der Waals surface area contributed by atoms with Crippen LogP contribution >= 0.6 is 15.9 Å². The van der Waals surface area contributed by atoms with E-state index < -0.39 is 5.82 Å². The van der Waals surface area contributed by atoms with Gasteiger partial charge < -0.3 is 5.73 Å². The van der Waals surface area contributed by atoms with Gasteiger partial charge in [-0.3, -0.25) is 4.57 Å². The Bertz CT molecular complexity index is 827. The molecule has 0 spiro atoms. The van der Waals surface area contributed by atoms with E-state index in [0.717, 1.165) is 0 Å². The highest BCUT2D eigenvalue weighted by atomic mass is 79.9. The zero-order valence-corrected chi connectivity index (χ0v) is 12.1. The molecular formula is C14H10BrF2N3. The molecule has 1 aromatic heterocycles. The first kappa shape index (κ1) is 13.1. The van der Waals surface area contributed by atoms with Gasteiger partial charge in [0.05, 0.1) is 15.5 Å². The number of hydrogen-bond donors (Lipinski definition) is 1. The Kier molecular flexibility index (Phi) is 2.97. The third-order valence-electron chi connectivity index (χ3n) is 3.12.